The van der Waals surface area contributed by atoms with Gasteiger partial charge in [0.05, 0.1) is 6.20 Å². The average molecular weight is 263 g/mol. The number of anilines is 2. The van der Waals surface area contributed by atoms with Crippen molar-refractivity contribution in [1.82, 2.24) is 20.2 Å². The first kappa shape index (κ1) is 13.6. The van der Waals surface area contributed by atoms with Crippen LogP contribution >= 0.6 is 0 Å². The van der Waals surface area contributed by atoms with Crippen LogP contribution in [0.3, 0.4) is 0 Å². The highest BCUT2D eigenvalue weighted by Crippen LogP contribution is 2.25. The van der Waals surface area contributed by atoms with Crippen LogP contribution in [0.5, 0.6) is 0 Å². The van der Waals surface area contributed by atoms with Crippen LogP contribution in [0.25, 0.3) is 0 Å². The fraction of sp³-hybridized carbons (Fsp3) is 0.615. The molecule has 0 aliphatic heterocycles. The van der Waals surface area contributed by atoms with Crippen molar-refractivity contribution in [2.24, 2.45) is 0 Å². The molecule has 6 heteroatoms. The van der Waals surface area contributed by atoms with E-state index in [1.807, 2.05) is 20.8 Å². The lowest BCUT2D eigenvalue weighted by Crippen LogP contribution is -2.13. The molecule has 104 valence electrons. The smallest absolute Gasteiger partial charge is 0.248 e. The van der Waals surface area contributed by atoms with Gasteiger partial charge in [-0.05, 0) is 0 Å². The number of oxazole rings is 1. The summed E-state index contributed by atoms with van der Waals surface area (Å²) in [5.41, 5.74) is -0.180. The minimum atomic E-state index is -0.116. The van der Waals surface area contributed by atoms with Crippen molar-refractivity contribution in [2.75, 3.05) is 5.32 Å². The number of aromatic amines is 1. The van der Waals surface area contributed by atoms with Gasteiger partial charge in [0.15, 0.2) is 0 Å². The molecule has 0 aromatic carbocycles. The van der Waals surface area contributed by atoms with E-state index in [-0.39, 0.29) is 10.8 Å². The van der Waals surface area contributed by atoms with Gasteiger partial charge in [0.25, 0.3) is 0 Å². The molecule has 6 nitrogen and oxygen atoms in total. The van der Waals surface area contributed by atoms with Crippen LogP contribution in [0.1, 0.15) is 53.3 Å². The highest BCUT2D eigenvalue weighted by molar-refractivity contribution is 5.43. The second-order valence-corrected chi connectivity index (χ2v) is 6.66. The third kappa shape index (κ3) is 3.13. The summed E-state index contributed by atoms with van der Waals surface area (Å²) in [6.45, 7) is 12.4. The molecule has 0 unspecified atom stereocenters. The third-order valence-corrected chi connectivity index (χ3v) is 2.58. The Balaban J connectivity index is 2.14. The fourth-order valence-electron chi connectivity index (χ4n) is 1.44. The molecule has 0 fully saturated rings. The topological polar surface area (TPSA) is 79.6 Å². The molecule has 0 amide bonds. The van der Waals surface area contributed by atoms with Gasteiger partial charge in [0.2, 0.25) is 17.7 Å². The maximum atomic E-state index is 5.63. The van der Waals surface area contributed by atoms with Crippen LogP contribution in [0.15, 0.2) is 10.6 Å². The monoisotopic (exact) mass is 263 g/mol. The molecular formula is C13H21N5O. The summed E-state index contributed by atoms with van der Waals surface area (Å²) in [5, 5.41) is 10.0. The normalized spacial score (nSPS) is 12.7. The van der Waals surface area contributed by atoms with Crippen LogP contribution < -0.4 is 5.32 Å². The Labute approximate surface area is 113 Å². The minimum absolute atomic E-state index is 0.0646. The molecule has 2 rings (SSSR count). The second-order valence-electron chi connectivity index (χ2n) is 6.66. The molecule has 0 saturated carbocycles. The molecule has 0 saturated heterocycles. The highest BCUT2D eigenvalue weighted by atomic mass is 16.4. The standard InChI is InChI=1S/C13H21N5O/c1-12(2,3)9-16-11(18-17-9)15-8-7-14-10(19-8)13(4,5)6/h7H,1-6H3,(H2,15,16,17,18). The fourth-order valence-corrected chi connectivity index (χ4v) is 1.44. The first-order chi connectivity index (χ1) is 8.66. The maximum absolute atomic E-state index is 5.63. The Morgan fingerprint density at radius 2 is 1.79 bits per heavy atom. The van der Waals surface area contributed by atoms with E-state index in [9.17, 15) is 0 Å². The van der Waals surface area contributed by atoms with Gasteiger partial charge >= 0.3 is 0 Å². The quantitative estimate of drug-likeness (QED) is 0.870. The SMILES string of the molecule is CC(C)(C)c1nc(Nc2cnc(C(C)(C)C)o2)n[nH]1. The van der Waals surface area contributed by atoms with Gasteiger partial charge in [0.1, 0.15) is 5.82 Å². The summed E-state index contributed by atoms with van der Waals surface area (Å²) >= 11 is 0. The molecule has 0 aliphatic rings. The van der Waals surface area contributed by atoms with E-state index in [0.717, 1.165) is 5.82 Å². The minimum Gasteiger partial charge on any atom is -0.424 e. The summed E-state index contributed by atoms with van der Waals surface area (Å²) in [6.07, 6.45) is 1.65. The molecule has 0 radical (unpaired) electrons. The largest absolute Gasteiger partial charge is 0.424 e. The number of rotatable bonds is 2. The maximum Gasteiger partial charge on any atom is 0.248 e. The number of nitrogens with one attached hydrogen (secondary N) is 2. The van der Waals surface area contributed by atoms with Gasteiger partial charge in [0, 0.05) is 10.8 Å². The Hall–Kier alpha value is -1.85. The van der Waals surface area contributed by atoms with Crippen LogP contribution in [0.2, 0.25) is 0 Å². The van der Waals surface area contributed by atoms with E-state index in [1.54, 1.807) is 6.20 Å². The van der Waals surface area contributed by atoms with Crippen molar-refractivity contribution in [1.29, 1.82) is 0 Å². The zero-order valence-corrected chi connectivity index (χ0v) is 12.3. The van der Waals surface area contributed by atoms with Crippen molar-refractivity contribution >= 4 is 11.8 Å². The van der Waals surface area contributed by atoms with Crippen LogP contribution in [-0.4, -0.2) is 20.2 Å². The number of hydrogen-bond donors (Lipinski definition) is 2. The zero-order chi connectivity index (χ0) is 14.3. The van der Waals surface area contributed by atoms with Gasteiger partial charge < -0.3 is 4.42 Å². The molecule has 19 heavy (non-hydrogen) atoms. The molecular weight excluding hydrogens is 242 g/mol. The van der Waals surface area contributed by atoms with Crippen molar-refractivity contribution < 1.29 is 4.42 Å². The summed E-state index contributed by atoms with van der Waals surface area (Å²) in [4.78, 5) is 8.63. The molecule has 0 atom stereocenters. The first-order valence-corrected chi connectivity index (χ1v) is 6.32. The molecule has 0 bridgehead atoms. The van der Waals surface area contributed by atoms with E-state index in [2.05, 4.69) is 46.3 Å². The lowest BCUT2D eigenvalue weighted by atomic mass is 9.96. The Bertz CT molecular complexity index is 506. The Morgan fingerprint density at radius 3 is 2.26 bits per heavy atom. The summed E-state index contributed by atoms with van der Waals surface area (Å²) < 4.78 is 5.63. The van der Waals surface area contributed by atoms with E-state index >= 15 is 0 Å². The van der Waals surface area contributed by atoms with Gasteiger partial charge in [-0.1, -0.05) is 41.5 Å². The van der Waals surface area contributed by atoms with E-state index in [4.69, 9.17) is 4.42 Å². The predicted molar refractivity (Wildman–Crippen MR) is 73.6 cm³/mol. The van der Waals surface area contributed by atoms with Crippen molar-refractivity contribution in [3.63, 3.8) is 0 Å². The zero-order valence-electron chi connectivity index (χ0n) is 12.3. The Morgan fingerprint density at radius 1 is 1.11 bits per heavy atom. The van der Waals surface area contributed by atoms with Gasteiger partial charge in [-0.2, -0.15) is 4.98 Å². The van der Waals surface area contributed by atoms with E-state index in [0.29, 0.717) is 17.7 Å². The molecule has 2 heterocycles. The van der Waals surface area contributed by atoms with E-state index < -0.39 is 0 Å². The first-order valence-electron chi connectivity index (χ1n) is 6.32. The number of H-pyrrole nitrogens is 1. The summed E-state index contributed by atoms with van der Waals surface area (Å²) in [6, 6.07) is 0. The average Bonchev–Trinajstić information content (AvgIpc) is 2.84. The second kappa shape index (κ2) is 4.36. The molecule has 2 aromatic heterocycles. The lowest BCUT2D eigenvalue weighted by Gasteiger charge is -2.12. The molecule has 2 aromatic rings. The Kier molecular flexibility index (Phi) is 3.12. The third-order valence-electron chi connectivity index (χ3n) is 2.58. The molecule has 0 spiro atoms. The molecule has 0 aliphatic carbocycles. The highest BCUT2D eigenvalue weighted by Gasteiger charge is 2.21. The van der Waals surface area contributed by atoms with Crippen LogP contribution in [0, 0.1) is 0 Å². The van der Waals surface area contributed by atoms with Crippen molar-refractivity contribution in [2.45, 2.75) is 52.4 Å². The summed E-state index contributed by atoms with van der Waals surface area (Å²) in [5.74, 6) is 2.54. The van der Waals surface area contributed by atoms with Gasteiger partial charge in [-0.25, -0.2) is 4.98 Å². The van der Waals surface area contributed by atoms with Crippen molar-refractivity contribution in [3.8, 4) is 0 Å². The van der Waals surface area contributed by atoms with Crippen LogP contribution in [-0.2, 0) is 10.8 Å². The number of nitrogens with zero attached hydrogens (tertiary/aromatic N) is 3. The van der Waals surface area contributed by atoms with Gasteiger partial charge in [-0.3, -0.25) is 10.4 Å². The molecule has 2 N–H and O–H groups in total. The predicted octanol–water partition coefficient (Wildman–Crippen LogP) is 3.13. The number of aromatic nitrogens is 4. The van der Waals surface area contributed by atoms with Crippen molar-refractivity contribution in [3.05, 3.63) is 17.9 Å². The lowest BCUT2D eigenvalue weighted by molar-refractivity contribution is 0.400. The van der Waals surface area contributed by atoms with E-state index in [1.165, 1.54) is 0 Å². The number of hydrogen-bond acceptors (Lipinski definition) is 5. The summed E-state index contributed by atoms with van der Waals surface area (Å²) in [7, 11) is 0. The van der Waals surface area contributed by atoms with Gasteiger partial charge in [-0.15, -0.1) is 5.10 Å². The van der Waals surface area contributed by atoms with Crippen LogP contribution in [0.4, 0.5) is 11.8 Å².